The normalized spacial score (nSPS) is 18.2. The highest BCUT2D eigenvalue weighted by Gasteiger charge is 2.39. The second-order valence-electron chi connectivity index (χ2n) is 7.84. The standard InChI is InChI=1S/C21H19ClFN5O3S2.H2/c1-12-24-21(32-25-12)26-33(30,31)14-4-2-13(3-5-14)27-11-9-18(20(27)29)28-10-8-15-17(28)7-6-16(23)19(15)22;/h2-7,18H,8-11H2,1H3,(H,24,25,26);1H/t18-;/m0./s1. The minimum absolute atomic E-state index is 0. The van der Waals surface area contributed by atoms with Gasteiger partial charge in [-0.25, -0.2) is 17.8 Å². The minimum Gasteiger partial charge on any atom is -0.359 e. The first-order valence-electron chi connectivity index (χ1n) is 10.2. The number of rotatable bonds is 5. The van der Waals surface area contributed by atoms with Gasteiger partial charge in [0.2, 0.25) is 11.0 Å². The van der Waals surface area contributed by atoms with Crippen molar-refractivity contribution in [1.29, 1.82) is 0 Å². The molecule has 2 aliphatic rings. The molecule has 0 unspecified atom stereocenters. The zero-order valence-electron chi connectivity index (χ0n) is 17.5. The number of nitrogens with zero attached hydrogens (tertiary/aromatic N) is 4. The van der Waals surface area contributed by atoms with Gasteiger partial charge in [0, 0.05) is 37.4 Å². The number of aryl methyl sites for hydroxylation is 1. The molecule has 0 radical (unpaired) electrons. The predicted octanol–water partition coefficient (Wildman–Crippen LogP) is 3.85. The minimum atomic E-state index is -3.82. The van der Waals surface area contributed by atoms with Crippen LogP contribution >= 0.6 is 23.1 Å². The lowest BCUT2D eigenvalue weighted by Crippen LogP contribution is -2.41. The summed E-state index contributed by atoms with van der Waals surface area (Å²) in [5.74, 6) is -0.0491. The number of sulfonamides is 1. The Morgan fingerprint density at radius 2 is 1.97 bits per heavy atom. The van der Waals surface area contributed by atoms with E-state index in [0.717, 1.165) is 22.8 Å². The number of nitrogens with one attached hydrogen (secondary N) is 1. The summed E-state index contributed by atoms with van der Waals surface area (Å²) in [7, 11) is -3.82. The highest BCUT2D eigenvalue weighted by atomic mass is 35.5. The molecule has 0 saturated carbocycles. The molecule has 2 aromatic carbocycles. The van der Waals surface area contributed by atoms with E-state index in [2.05, 4.69) is 14.1 Å². The van der Waals surface area contributed by atoms with Crippen molar-refractivity contribution in [3.8, 4) is 0 Å². The molecule has 1 N–H and O–H groups in total. The van der Waals surface area contributed by atoms with Crippen molar-refractivity contribution < 1.29 is 19.0 Å². The number of carbonyl (C=O) groups is 1. The van der Waals surface area contributed by atoms with Crippen LogP contribution in [0, 0.1) is 12.7 Å². The molecular formula is C21H21ClFN5O3S2. The molecule has 1 aromatic heterocycles. The fraction of sp³-hybridized carbons (Fsp3) is 0.286. The molecule has 0 aliphatic carbocycles. The topological polar surface area (TPSA) is 95.5 Å². The van der Waals surface area contributed by atoms with Crippen LogP contribution in [0.1, 0.15) is 19.2 Å². The van der Waals surface area contributed by atoms with Gasteiger partial charge >= 0.3 is 0 Å². The Morgan fingerprint density at radius 3 is 2.67 bits per heavy atom. The number of benzene rings is 2. The van der Waals surface area contributed by atoms with Gasteiger partial charge in [-0.1, -0.05) is 11.6 Å². The average Bonchev–Trinajstić information content (AvgIpc) is 3.49. The molecule has 1 saturated heterocycles. The lowest BCUT2D eigenvalue weighted by Gasteiger charge is -2.26. The van der Waals surface area contributed by atoms with Crippen LogP contribution in [0.3, 0.4) is 0 Å². The van der Waals surface area contributed by atoms with E-state index < -0.39 is 15.8 Å². The van der Waals surface area contributed by atoms with E-state index in [4.69, 9.17) is 11.6 Å². The van der Waals surface area contributed by atoms with Gasteiger partial charge in [-0.2, -0.15) is 4.37 Å². The van der Waals surface area contributed by atoms with E-state index in [-0.39, 0.29) is 28.4 Å². The smallest absolute Gasteiger partial charge is 0.263 e. The monoisotopic (exact) mass is 509 g/mol. The van der Waals surface area contributed by atoms with E-state index in [1.165, 1.54) is 18.2 Å². The van der Waals surface area contributed by atoms with E-state index >= 15 is 0 Å². The van der Waals surface area contributed by atoms with Gasteiger partial charge in [-0.3, -0.25) is 9.52 Å². The van der Waals surface area contributed by atoms with Crippen LogP contribution in [0.2, 0.25) is 5.02 Å². The molecule has 1 atom stereocenters. The zero-order valence-corrected chi connectivity index (χ0v) is 19.8. The summed E-state index contributed by atoms with van der Waals surface area (Å²) in [6.07, 6.45) is 1.19. The lowest BCUT2D eigenvalue weighted by atomic mass is 10.1. The van der Waals surface area contributed by atoms with Crippen molar-refractivity contribution in [2.75, 3.05) is 27.6 Å². The van der Waals surface area contributed by atoms with Crippen molar-refractivity contribution in [1.82, 2.24) is 9.36 Å². The summed E-state index contributed by atoms with van der Waals surface area (Å²) in [5, 5.41) is 0.311. The highest BCUT2D eigenvalue weighted by Crippen LogP contribution is 2.38. The van der Waals surface area contributed by atoms with Gasteiger partial charge < -0.3 is 9.80 Å². The summed E-state index contributed by atoms with van der Waals surface area (Å²) in [5.41, 5.74) is 2.14. The first-order chi connectivity index (χ1) is 15.7. The summed E-state index contributed by atoms with van der Waals surface area (Å²) < 4.78 is 45.4. The first-order valence-corrected chi connectivity index (χ1v) is 12.9. The van der Waals surface area contributed by atoms with Gasteiger partial charge in [0.15, 0.2) is 0 Å². The highest BCUT2D eigenvalue weighted by molar-refractivity contribution is 7.93. The van der Waals surface area contributed by atoms with Crippen LogP contribution in [0.15, 0.2) is 41.3 Å². The maximum absolute atomic E-state index is 13.8. The number of anilines is 3. The van der Waals surface area contributed by atoms with Crippen molar-refractivity contribution in [3.63, 3.8) is 0 Å². The lowest BCUT2D eigenvalue weighted by molar-refractivity contribution is -0.118. The van der Waals surface area contributed by atoms with Gasteiger partial charge in [0.25, 0.3) is 10.0 Å². The average molecular weight is 510 g/mol. The Morgan fingerprint density at radius 1 is 1.21 bits per heavy atom. The molecule has 1 amide bonds. The third-order valence-corrected chi connectivity index (χ3v) is 8.46. The molecule has 0 spiro atoms. The quantitative estimate of drug-likeness (QED) is 0.561. The van der Waals surface area contributed by atoms with Crippen LogP contribution in [0.4, 0.5) is 20.9 Å². The van der Waals surface area contributed by atoms with E-state index in [9.17, 15) is 17.6 Å². The van der Waals surface area contributed by atoms with Crippen LogP contribution in [0.5, 0.6) is 0 Å². The number of hydrogen-bond acceptors (Lipinski definition) is 7. The molecule has 174 valence electrons. The first kappa shape index (κ1) is 22.1. The Hall–Kier alpha value is -2.76. The molecule has 5 rings (SSSR count). The predicted molar refractivity (Wildman–Crippen MR) is 127 cm³/mol. The fourth-order valence-electron chi connectivity index (χ4n) is 4.29. The largest absolute Gasteiger partial charge is 0.359 e. The van der Waals surface area contributed by atoms with Gasteiger partial charge in [-0.05, 0) is 61.7 Å². The number of halogens is 2. The summed E-state index contributed by atoms with van der Waals surface area (Å²) in [6.45, 7) is 2.77. The number of carbonyl (C=O) groups excluding carboxylic acids is 1. The molecule has 2 aliphatic heterocycles. The van der Waals surface area contributed by atoms with Crippen molar-refractivity contribution in [2.45, 2.75) is 30.7 Å². The zero-order chi connectivity index (χ0) is 23.3. The molecule has 33 heavy (non-hydrogen) atoms. The SMILES string of the molecule is Cc1nsc(NS(=O)(=O)c2ccc(N3CC[C@H](N4CCc5c4ccc(F)c5Cl)C3=O)cc2)n1.[HH]. The summed E-state index contributed by atoms with van der Waals surface area (Å²) in [4.78, 5) is 20.9. The van der Waals surface area contributed by atoms with Crippen LogP contribution in [-0.4, -0.2) is 42.8 Å². The van der Waals surface area contributed by atoms with E-state index in [1.54, 1.807) is 30.0 Å². The summed E-state index contributed by atoms with van der Waals surface area (Å²) >= 11 is 7.08. The maximum Gasteiger partial charge on any atom is 0.263 e. The van der Waals surface area contributed by atoms with E-state index in [0.29, 0.717) is 37.4 Å². The molecule has 1 fully saturated rings. The van der Waals surface area contributed by atoms with E-state index in [1.807, 2.05) is 4.90 Å². The van der Waals surface area contributed by atoms with Crippen molar-refractivity contribution in [3.05, 3.63) is 58.6 Å². The molecule has 0 bridgehead atoms. The third kappa shape index (κ3) is 3.94. The third-order valence-electron chi connectivity index (χ3n) is 5.84. The Labute approximate surface area is 200 Å². The second-order valence-corrected chi connectivity index (χ2v) is 10.7. The molecular weight excluding hydrogens is 489 g/mol. The Kier molecular flexibility index (Phi) is 5.50. The second kappa shape index (κ2) is 8.23. The maximum atomic E-state index is 13.8. The number of fused-ring (bicyclic) bond motifs is 1. The Bertz CT molecular complexity index is 1350. The number of hydrogen-bond donors (Lipinski definition) is 1. The number of aromatic nitrogens is 2. The van der Waals surface area contributed by atoms with Gasteiger partial charge in [0.1, 0.15) is 17.7 Å². The van der Waals surface area contributed by atoms with Crippen LogP contribution in [-0.2, 0) is 21.2 Å². The van der Waals surface area contributed by atoms with Crippen LogP contribution < -0.4 is 14.5 Å². The van der Waals surface area contributed by atoms with Gasteiger partial charge in [0.05, 0.1) is 9.92 Å². The molecule has 3 heterocycles. The summed E-state index contributed by atoms with van der Waals surface area (Å²) in [6, 6.07) is 8.77. The van der Waals surface area contributed by atoms with Crippen molar-refractivity contribution >= 4 is 55.6 Å². The van der Waals surface area contributed by atoms with Crippen LogP contribution in [0.25, 0.3) is 0 Å². The molecule has 12 heteroatoms. The Balaban J connectivity index is 0.00000274. The number of amides is 1. The fourth-order valence-corrected chi connectivity index (χ4v) is 6.35. The molecule has 3 aromatic rings. The van der Waals surface area contributed by atoms with Gasteiger partial charge in [-0.15, -0.1) is 0 Å². The molecule has 8 nitrogen and oxygen atoms in total. The van der Waals surface area contributed by atoms with Crippen molar-refractivity contribution in [2.24, 2.45) is 0 Å².